The first-order chi connectivity index (χ1) is 13.3. The molecule has 1 rings (SSSR count). The van der Waals surface area contributed by atoms with Crippen molar-refractivity contribution in [1.29, 1.82) is 0 Å². The minimum absolute atomic E-state index is 0.216. The lowest BCUT2D eigenvalue weighted by Gasteiger charge is -2.18. The van der Waals surface area contributed by atoms with Crippen LogP contribution in [0.4, 0.5) is 0 Å². The summed E-state index contributed by atoms with van der Waals surface area (Å²) in [5.74, 6) is -1.70. The number of methoxy groups -OCH3 is 1. The third-order valence-electron chi connectivity index (χ3n) is 3.51. The molecule has 10 heteroatoms. The van der Waals surface area contributed by atoms with Gasteiger partial charge in [-0.05, 0) is 56.5 Å². The number of thioether (sulfide) groups is 1. The van der Waals surface area contributed by atoms with Gasteiger partial charge in [0.25, 0.3) is 11.8 Å². The molecule has 0 spiro atoms. The van der Waals surface area contributed by atoms with Gasteiger partial charge in [-0.3, -0.25) is 30.0 Å². The second-order valence-electron chi connectivity index (χ2n) is 6.11. The number of hydrogen-bond donors (Lipinski definition) is 4. The standard InChI is InChI=1S/C18H26N4O5S/c1-11(2)19-17(25)18(26)22-21-16(24)14(9-10-28-4)20-15(23)12-5-7-13(27-3)8-6-12/h5-8,11,14H,9-10H2,1-4H3,(H,19,25)(H,20,23)(H,21,24)(H,22,26)/t14-/m0/s1. The van der Waals surface area contributed by atoms with E-state index in [-0.39, 0.29) is 6.04 Å². The molecule has 9 nitrogen and oxygen atoms in total. The summed E-state index contributed by atoms with van der Waals surface area (Å²) >= 11 is 1.51. The van der Waals surface area contributed by atoms with Gasteiger partial charge in [0.15, 0.2) is 0 Å². The van der Waals surface area contributed by atoms with Crippen molar-refractivity contribution in [2.75, 3.05) is 19.1 Å². The van der Waals surface area contributed by atoms with Crippen molar-refractivity contribution in [3.8, 4) is 5.75 Å². The summed E-state index contributed by atoms with van der Waals surface area (Å²) in [6, 6.07) is 5.34. The van der Waals surface area contributed by atoms with Gasteiger partial charge in [-0.25, -0.2) is 0 Å². The van der Waals surface area contributed by atoms with Gasteiger partial charge in [-0.15, -0.1) is 0 Å². The molecular formula is C18H26N4O5S. The predicted molar refractivity (Wildman–Crippen MR) is 107 cm³/mol. The second kappa shape index (κ2) is 11.9. The molecule has 0 aliphatic carbocycles. The molecule has 0 saturated carbocycles. The topological polar surface area (TPSA) is 126 Å². The lowest BCUT2D eigenvalue weighted by molar-refractivity contribution is -0.141. The SMILES string of the molecule is COc1ccc(C(=O)N[C@@H](CCSC)C(=O)NNC(=O)C(=O)NC(C)C)cc1. The Bertz CT molecular complexity index is 694. The van der Waals surface area contributed by atoms with Crippen LogP contribution in [0.1, 0.15) is 30.6 Å². The smallest absolute Gasteiger partial charge is 0.327 e. The highest BCUT2D eigenvalue weighted by Crippen LogP contribution is 2.11. The maximum atomic E-state index is 12.4. The van der Waals surface area contributed by atoms with E-state index in [2.05, 4.69) is 16.1 Å². The Morgan fingerprint density at radius 2 is 1.64 bits per heavy atom. The Hall–Kier alpha value is -2.75. The number of rotatable bonds is 8. The first kappa shape index (κ1) is 23.3. The van der Waals surface area contributed by atoms with Crippen LogP contribution in [-0.2, 0) is 14.4 Å². The molecule has 0 bridgehead atoms. The van der Waals surface area contributed by atoms with Crippen LogP contribution in [0, 0.1) is 0 Å². The van der Waals surface area contributed by atoms with E-state index in [1.807, 2.05) is 11.7 Å². The van der Waals surface area contributed by atoms with Gasteiger partial charge in [0, 0.05) is 11.6 Å². The molecule has 0 heterocycles. The lowest BCUT2D eigenvalue weighted by Crippen LogP contribution is -2.55. The highest BCUT2D eigenvalue weighted by Gasteiger charge is 2.23. The number of carbonyl (C=O) groups is 4. The van der Waals surface area contributed by atoms with Crippen molar-refractivity contribution in [1.82, 2.24) is 21.5 Å². The van der Waals surface area contributed by atoms with Crippen molar-refractivity contribution in [3.63, 3.8) is 0 Å². The first-order valence-corrected chi connectivity index (χ1v) is 10.0. The summed E-state index contributed by atoms with van der Waals surface area (Å²) in [4.78, 5) is 48.0. The van der Waals surface area contributed by atoms with Gasteiger partial charge in [-0.1, -0.05) is 0 Å². The maximum Gasteiger partial charge on any atom is 0.327 e. The minimum Gasteiger partial charge on any atom is -0.497 e. The molecule has 28 heavy (non-hydrogen) atoms. The van der Waals surface area contributed by atoms with Gasteiger partial charge >= 0.3 is 11.8 Å². The number of benzene rings is 1. The highest BCUT2D eigenvalue weighted by molar-refractivity contribution is 7.98. The van der Waals surface area contributed by atoms with Crippen LogP contribution in [0.2, 0.25) is 0 Å². The third kappa shape index (κ3) is 7.87. The third-order valence-corrected chi connectivity index (χ3v) is 4.15. The fourth-order valence-corrected chi connectivity index (χ4v) is 2.55. The molecule has 0 saturated heterocycles. The monoisotopic (exact) mass is 410 g/mol. The van der Waals surface area contributed by atoms with Gasteiger partial charge in [0.05, 0.1) is 7.11 Å². The summed E-state index contributed by atoms with van der Waals surface area (Å²) < 4.78 is 5.05. The van der Waals surface area contributed by atoms with Crippen LogP contribution in [0.15, 0.2) is 24.3 Å². The van der Waals surface area contributed by atoms with E-state index in [1.165, 1.54) is 18.9 Å². The van der Waals surface area contributed by atoms with Crippen molar-refractivity contribution < 1.29 is 23.9 Å². The van der Waals surface area contributed by atoms with Gasteiger partial charge in [0.1, 0.15) is 11.8 Å². The quantitative estimate of drug-likeness (QED) is 0.359. The highest BCUT2D eigenvalue weighted by atomic mass is 32.2. The molecule has 154 valence electrons. The molecule has 1 aromatic rings. The molecule has 0 aromatic heterocycles. The van der Waals surface area contributed by atoms with Crippen LogP contribution < -0.4 is 26.2 Å². The molecule has 0 aliphatic rings. The zero-order valence-electron chi connectivity index (χ0n) is 16.3. The van der Waals surface area contributed by atoms with Crippen LogP contribution in [0.3, 0.4) is 0 Å². The lowest BCUT2D eigenvalue weighted by atomic mass is 10.1. The van der Waals surface area contributed by atoms with E-state index < -0.39 is 29.7 Å². The van der Waals surface area contributed by atoms with Crippen LogP contribution in [0.25, 0.3) is 0 Å². The summed E-state index contributed by atoms with van der Waals surface area (Å²) in [5, 5.41) is 5.04. The molecule has 0 fully saturated rings. The average Bonchev–Trinajstić information content (AvgIpc) is 2.68. The number of hydrazine groups is 1. The van der Waals surface area contributed by atoms with Gasteiger partial charge in [-0.2, -0.15) is 11.8 Å². The second-order valence-corrected chi connectivity index (χ2v) is 7.09. The van der Waals surface area contributed by atoms with E-state index in [9.17, 15) is 19.2 Å². The maximum absolute atomic E-state index is 12.4. The summed E-state index contributed by atoms with van der Waals surface area (Å²) in [6.45, 7) is 3.41. The molecule has 1 aromatic carbocycles. The van der Waals surface area contributed by atoms with Gasteiger partial charge < -0.3 is 15.4 Å². The largest absolute Gasteiger partial charge is 0.497 e. The molecule has 0 radical (unpaired) electrons. The van der Waals surface area contributed by atoms with E-state index >= 15 is 0 Å². The molecule has 4 N–H and O–H groups in total. The Balaban J connectivity index is 2.69. The minimum atomic E-state index is -0.993. The Morgan fingerprint density at radius 3 is 2.18 bits per heavy atom. The Labute approximate surface area is 168 Å². The Kier molecular flexibility index (Phi) is 9.86. The van der Waals surface area contributed by atoms with Crippen LogP contribution in [-0.4, -0.2) is 54.8 Å². The van der Waals surface area contributed by atoms with E-state index in [4.69, 9.17) is 4.74 Å². The molecule has 0 aliphatic heterocycles. The van der Waals surface area contributed by atoms with Crippen LogP contribution >= 0.6 is 11.8 Å². The zero-order chi connectivity index (χ0) is 21.1. The molecular weight excluding hydrogens is 384 g/mol. The molecule has 1 atom stereocenters. The van der Waals surface area contributed by atoms with E-state index in [0.29, 0.717) is 23.5 Å². The summed E-state index contributed by atoms with van der Waals surface area (Å²) in [5.41, 5.74) is 4.59. The fourth-order valence-electron chi connectivity index (χ4n) is 2.08. The summed E-state index contributed by atoms with van der Waals surface area (Å²) in [7, 11) is 1.52. The van der Waals surface area contributed by atoms with Crippen LogP contribution in [0.5, 0.6) is 5.75 Å². The van der Waals surface area contributed by atoms with E-state index in [0.717, 1.165) is 0 Å². The fraction of sp³-hybridized carbons (Fsp3) is 0.444. The number of carbonyl (C=O) groups excluding carboxylic acids is 4. The Morgan fingerprint density at radius 1 is 1.00 bits per heavy atom. The number of amides is 4. The normalized spacial score (nSPS) is 11.3. The van der Waals surface area contributed by atoms with Crippen molar-refractivity contribution in [2.45, 2.75) is 32.4 Å². The average molecular weight is 410 g/mol. The first-order valence-electron chi connectivity index (χ1n) is 8.63. The summed E-state index contributed by atoms with van der Waals surface area (Å²) in [6.07, 6.45) is 2.22. The molecule has 4 amide bonds. The van der Waals surface area contributed by atoms with E-state index in [1.54, 1.807) is 38.1 Å². The number of hydrogen-bond acceptors (Lipinski definition) is 6. The number of ether oxygens (including phenoxy) is 1. The number of nitrogens with one attached hydrogen (secondary N) is 4. The predicted octanol–water partition coefficient (Wildman–Crippen LogP) is 0.219. The molecule has 0 unspecified atom stereocenters. The van der Waals surface area contributed by atoms with Crippen molar-refractivity contribution >= 4 is 35.4 Å². The van der Waals surface area contributed by atoms with Gasteiger partial charge in [0.2, 0.25) is 0 Å². The zero-order valence-corrected chi connectivity index (χ0v) is 17.1. The van der Waals surface area contributed by atoms with Crippen molar-refractivity contribution in [3.05, 3.63) is 29.8 Å². The van der Waals surface area contributed by atoms with Crippen molar-refractivity contribution in [2.24, 2.45) is 0 Å².